The van der Waals surface area contributed by atoms with Crippen LogP contribution in [0.4, 0.5) is 17.1 Å². The average molecular weight is 681 g/mol. The second-order valence-corrected chi connectivity index (χ2v) is 14.4. The molecule has 0 bridgehead atoms. The highest BCUT2D eigenvalue weighted by Crippen LogP contribution is 2.51. The molecule has 1 aliphatic rings. The Balaban J connectivity index is 1.08. The van der Waals surface area contributed by atoms with Crippen LogP contribution < -0.4 is 4.90 Å². The Labute approximate surface area is 309 Å². The molecule has 0 saturated heterocycles. The minimum atomic E-state index is -0.102. The van der Waals surface area contributed by atoms with E-state index in [0.29, 0.717) is 5.89 Å². The first-order valence-corrected chi connectivity index (χ1v) is 18.2. The van der Waals surface area contributed by atoms with E-state index < -0.39 is 0 Å². The molecule has 1 aromatic heterocycles. The van der Waals surface area contributed by atoms with E-state index in [1.165, 1.54) is 33.4 Å². The highest BCUT2D eigenvalue weighted by atomic mass is 16.3. The fourth-order valence-corrected chi connectivity index (χ4v) is 8.23. The van der Waals surface area contributed by atoms with Crippen LogP contribution in [0.1, 0.15) is 25.0 Å². The maximum Gasteiger partial charge on any atom is 0.227 e. The zero-order valence-corrected chi connectivity index (χ0v) is 29.6. The fraction of sp³-hybridized carbons (Fsp3) is 0.0600. The van der Waals surface area contributed by atoms with Gasteiger partial charge in [0.15, 0.2) is 5.58 Å². The number of nitrogens with zero attached hydrogens (tertiary/aromatic N) is 2. The molecule has 0 saturated carbocycles. The van der Waals surface area contributed by atoms with Crippen molar-refractivity contribution in [3.05, 3.63) is 193 Å². The van der Waals surface area contributed by atoms with Gasteiger partial charge in [-0.05, 0) is 111 Å². The van der Waals surface area contributed by atoms with Crippen LogP contribution in [0, 0.1) is 0 Å². The van der Waals surface area contributed by atoms with Crippen molar-refractivity contribution in [2.75, 3.05) is 4.90 Å². The number of rotatable bonds is 6. The molecule has 1 aliphatic carbocycles. The van der Waals surface area contributed by atoms with Crippen molar-refractivity contribution in [2.24, 2.45) is 0 Å². The second-order valence-electron chi connectivity index (χ2n) is 14.4. The predicted octanol–water partition coefficient (Wildman–Crippen LogP) is 13.8. The summed E-state index contributed by atoms with van der Waals surface area (Å²) >= 11 is 0. The van der Waals surface area contributed by atoms with Gasteiger partial charge < -0.3 is 9.32 Å². The Morgan fingerprint density at radius 3 is 1.89 bits per heavy atom. The van der Waals surface area contributed by atoms with E-state index in [2.05, 4.69) is 164 Å². The first kappa shape index (κ1) is 31.1. The number of benzene rings is 8. The van der Waals surface area contributed by atoms with Crippen molar-refractivity contribution in [3.8, 4) is 44.8 Å². The second kappa shape index (κ2) is 12.2. The molecule has 10 rings (SSSR count). The number of anilines is 3. The van der Waals surface area contributed by atoms with Crippen LogP contribution in [0.2, 0.25) is 0 Å². The Morgan fingerprint density at radius 2 is 1.08 bits per heavy atom. The van der Waals surface area contributed by atoms with Gasteiger partial charge >= 0.3 is 0 Å². The lowest BCUT2D eigenvalue weighted by molar-refractivity contribution is 0.620. The summed E-state index contributed by atoms with van der Waals surface area (Å²) < 4.78 is 6.21. The highest BCUT2D eigenvalue weighted by Gasteiger charge is 2.35. The van der Waals surface area contributed by atoms with Gasteiger partial charge in [-0.15, -0.1) is 0 Å². The van der Waals surface area contributed by atoms with E-state index >= 15 is 0 Å². The van der Waals surface area contributed by atoms with Crippen LogP contribution >= 0.6 is 0 Å². The lowest BCUT2D eigenvalue weighted by atomic mass is 9.82. The van der Waals surface area contributed by atoms with E-state index in [-0.39, 0.29) is 5.41 Å². The zero-order valence-electron chi connectivity index (χ0n) is 29.6. The summed E-state index contributed by atoms with van der Waals surface area (Å²) in [5.41, 5.74) is 15.9. The summed E-state index contributed by atoms with van der Waals surface area (Å²) in [7, 11) is 0. The third kappa shape index (κ3) is 5.16. The topological polar surface area (TPSA) is 29.3 Å². The number of fused-ring (bicyclic) bond motifs is 6. The highest BCUT2D eigenvalue weighted by molar-refractivity contribution is 6.09. The van der Waals surface area contributed by atoms with Gasteiger partial charge in [0.25, 0.3) is 0 Å². The van der Waals surface area contributed by atoms with Crippen LogP contribution in [0.5, 0.6) is 0 Å². The molecule has 0 aliphatic heterocycles. The standard InChI is InChI=1S/C50H36N2O/c1-50(2)45-22-10-9-19-42(45)43-28-27-39(32-46(43)50)52(38-18-11-17-36(31-38)33-13-5-3-6-14-33)37-25-23-34(24-26-37)40-20-12-21-44-41(40)29-30-47-48(44)51-49(53-47)35-15-7-4-8-16-35/h3-32H,1-2H3. The van der Waals surface area contributed by atoms with E-state index in [9.17, 15) is 0 Å². The molecule has 0 N–H and O–H groups in total. The quantitative estimate of drug-likeness (QED) is 0.175. The van der Waals surface area contributed by atoms with Gasteiger partial charge in [-0.1, -0.05) is 135 Å². The normalized spacial score (nSPS) is 12.9. The Morgan fingerprint density at radius 1 is 0.434 bits per heavy atom. The van der Waals surface area contributed by atoms with Crippen LogP contribution in [0.3, 0.4) is 0 Å². The summed E-state index contributed by atoms with van der Waals surface area (Å²) in [4.78, 5) is 7.35. The van der Waals surface area contributed by atoms with Gasteiger partial charge in [0.1, 0.15) is 5.52 Å². The van der Waals surface area contributed by atoms with Crippen LogP contribution in [0.15, 0.2) is 186 Å². The number of hydrogen-bond donors (Lipinski definition) is 0. The monoisotopic (exact) mass is 680 g/mol. The number of hydrogen-bond acceptors (Lipinski definition) is 3. The molecule has 252 valence electrons. The molecular weight excluding hydrogens is 645 g/mol. The maximum absolute atomic E-state index is 6.21. The Bertz CT molecular complexity index is 2800. The predicted molar refractivity (Wildman–Crippen MR) is 220 cm³/mol. The molecule has 1 heterocycles. The number of aromatic nitrogens is 1. The molecule has 3 heteroatoms. The molecular formula is C50H36N2O. The molecule has 0 radical (unpaired) electrons. The van der Waals surface area contributed by atoms with Crippen molar-refractivity contribution in [1.82, 2.24) is 4.98 Å². The Kier molecular flexibility index (Phi) is 7.16. The maximum atomic E-state index is 6.21. The molecule has 0 unspecified atom stereocenters. The van der Waals surface area contributed by atoms with Gasteiger partial charge in [-0.25, -0.2) is 4.98 Å². The van der Waals surface area contributed by atoms with E-state index in [0.717, 1.165) is 55.6 Å². The van der Waals surface area contributed by atoms with Gasteiger partial charge in [-0.2, -0.15) is 0 Å². The molecule has 0 spiro atoms. The first-order chi connectivity index (χ1) is 26.0. The lowest BCUT2D eigenvalue weighted by Crippen LogP contribution is -2.16. The van der Waals surface area contributed by atoms with Gasteiger partial charge in [-0.3, -0.25) is 0 Å². The van der Waals surface area contributed by atoms with Gasteiger partial charge in [0.2, 0.25) is 5.89 Å². The summed E-state index contributed by atoms with van der Waals surface area (Å²) in [5, 5.41) is 2.23. The molecule has 8 aromatic carbocycles. The van der Waals surface area contributed by atoms with Crippen LogP contribution in [-0.2, 0) is 5.41 Å². The van der Waals surface area contributed by atoms with E-state index in [1.807, 2.05) is 36.4 Å². The molecule has 0 amide bonds. The largest absolute Gasteiger partial charge is 0.436 e. The van der Waals surface area contributed by atoms with Crippen molar-refractivity contribution < 1.29 is 4.42 Å². The van der Waals surface area contributed by atoms with E-state index in [4.69, 9.17) is 9.40 Å². The summed E-state index contributed by atoms with van der Waals surface area (Å²) in [6.07, 6.45) is 0. The van der Waals surface area contributed by atoms with Gasteiger partial charge in [0, 0.05) is 33.4 Å². The number of oxazole rings is 1. The van der Waals surface area contributed by atoms with Crippen molar-refractivity contribution in [2.45, 2.75) is 19.3 Å². The summed E-state index contributed by atoms with van der Waals surface area (Å²) in [6.45, 7) is 4.69. The minimum absolute atomic E-state index is 0.102. The first-order valence-electron chi connectivity index (χ1n) is 18.2. The zero-order chi connectivity index (χ0) is 35.5. The van der Waals surface area contributed by atoms with E-state index in [1.54, 1.807) is 0 Å². The molecule has 0 atom stereocenters. The van der Waals surface area contributed by atoms with Crippen molar-refractivity contribution in [3.63, 3.8) is 0 Å². The Hall–Kier alpha value is -6.71. The van der Waals surface area contributed by atoms with Crippen LogP contribution in [0.25, 0.3) is 66.7 Å². The SMILES string of the molecule is CC1(C)c2ccccc2-c2ccc(N(c3ccc(-c4cccc5c4ccc4oc(-c6ccccc6)nc45)cc3)c3cccc(-c4ccccc4)c3)cc21. The molecule has 9 aromatic rings. The van der Waals surface area contributed by atoms with Crippen LogP contribution in [-0.4, -0.2) is 4.98 Å². The van der Waals surface area contributed by atoms with Gasteiger partial charge in [0.05, 0.1) is 0 Å². The minimum Gasteiger partial charge on any atom is -0.436 e. The lowest BCUT2D eigenvalue weighted by Gasteiger charge is -2.28. The molecule has 53 heavy (non-hydrogen) atoms. The summed E-state index contributed by atoms with van der Waals surface area (Å²) in [6, 6.07) is 65.0. The summed E-state index contributed by atoms with van der Waals surface area (Å²) in [5.74, 6) is 0.637. The third-order valence-electron chi connectivity index (χ3n) is 10.9. The molecule has 3 nitrogen and oxygen atoms in total. The van der Waals surface area contributed by atoms with Crippen molar-refractivity contribution in [1.29, 1.82) is 0 Å². The smallest absolute Gasteiger partial charge is 0.227 e. The fourth-order valence-electron chi connectivity index (χ4n) is 8.23. The third-order valence-corrected chi connectivity index (χ3v) is 10.9. The van der Waals surface area contributed by atoms with Crippen molar-refractivity contribution >= 4 is 38.9 Å². The molecule has 0 fully saturated rings. The average Bonchev–Trinajstić information content (AvgIpc) is 3.76.